The van der Waals surface area contributed by atoms with Crippen molar-refractivity contribution in [2.75, 3.05) is 18.4 Å². The molecule has 0 aliphatic carbocycles. The van der Waals surface area contributed by atoms with E-state index < -0.39 is 12.6 Å². The van der Waals surface area contributed by atoms with E-state index in [9.17, 15) is 13.2 Å². The Hall–Kier alpha value is 0.230. The molecule has 1 unspecified atom stereocenters. The number of nitrogens with zero attached hydrogens (tertiary/aromatic N) is 1. The molecule has 0 aromatic heterocycles. The Kier molecular flexibility index (Phi) is 6.11. The van der Waals surface area contributed by atoms with Crippen LogP contribution in [0.25, 0.3) is 0 Å². The molecule has 1 rings (SSSR count). The van der Waals surface area contributed by atoms with Crippen molar-refractivity contribution < 1.29 is 13.2 Å². The molecule has 1 aliphatic rings. The number of rotatable bonds is 6. The maximum atomic E-state index is 12.0. The second-order valence-electron chi connectivity index (χ2n) is 4.38. The molecule has 1 nitrogen and oxygen atoms in total. The van der Waals surface area contributed by atoms with Crippen molar-refractivity contribution in [3.05, 3.63) is 0 Å². The molecule has 1 heterocycles. The molecule has 1 fully saturated rings. The summed E-state index contributed by atoms with van der Waals surface area (Å²) in [7, 11) is 0. The summed E-state index contributed by atoms with van der Waals surface area (Å²) >= 11 is 3.39. The van der Waals surface area contributed by atoms with Gasteiger partial charge in [-0.2, -0.15) is 13.2 Å². The van der Waals surface area contributed by atoms with Gasteiger partial charge < -0.3 is 4.90 Å². The Morgan fingerprint density at radius 1 is 1.25 bits per heavy atom. The Morgan fingerprint density at radius 2 is 2.00 bits per heavy atom. The summed E-state index contributed by atoms with van der Waals surface area (Å²) in [5.74, 6) is 0. The minimum Gasteiger partial charge on any atom is -0.300 e. The van der Waals surface area contributed by atoms with Gasteiger partial charge in [0.25, 0.3) is 0 Å². The van der Waals surface area contributed by atoms with Crippen LogP contribution < -0.4 is 0 Å². The first-order valence-corrected chi connectivity index (χ1v) is 7.02. The summed E-state index contributed by atoms with van der Waals surface area (Å²) in [4.78, 5) is 2.23. The lowest BCUT2D eigenvalue weighted by molar-refractivity contribution is -0.136. The van der Waals surface area contributed by atoms with Gasteiger partial charge in [-0.3, -0.25) is 0 Å². The number of likely N-dealkylation sites (tertiary alicyclic amines) is 1. The highest BCUT2D eigenvalue weighted by Gasteiger charge is 2.28. The van der Waals surface area contributed by atoms with Crippen LogP contribution in [0, 0.1) is 0 Å². The van der Waals surface area contributed by atoms with Crippen LogP contribution in [0.3, 0.4) is 0 Å². The quantitative estimate of drug-likeness (QED) is 0.671. The molecule has 0 N–H and O–H groups in total. The monoisotopic (exact) mass is 301 g/mol. The Morgan fingerprint density at radius 3 is 2.62 bits per heavy atom. The SMILES string of the molecule is FC(F)(F)CCCN1CCCC1CCCBr. The lowest BCUT2D eigenvalue weighted by atomic mass is 10.1. The average Bonchev–Trinajstić information content (AvgIpc) is 2.60. The summed E-state index contributed by atoms with van der Waals surface area (Å²) in [5, 5.41) is 0.986. The van der Waals surface area contributed by atoms with Gasteiger partial charge in [0.2, 0.25) is 0 Å². The molecule has 0 radical (unpaired) electrons. The fraction of sp³-hybridized carbons (Fsp3) is 1.00. The maximum Gasteiger partial charge on any atom is 0.389 e. The Bertz CT molecular complexity index is 196. The first-order valence-electron chi connectivity index (χ1n) is 5.89. The van der Waals surface area contributed by atoms with Crippen LogP contribution in [0.1, 0.15) is 38.5 Å². The van der Waals surface area contributed by atoms with Crippen LogP contribution >= 0.6 is 15.9 Å². The van der Waals surface area contributed by atoms with Gasteiger partial charge in [-0.25, -0.2) is 0 Å². The van der Waals surface area contributed by atoms with E-state index in [2.05, 4.69) is 20.8 Å². The van der Waals surface area contributed by atoms with E-state index in [-0.39, 0.29) is 6.42 Å². The molecule has 0 aromatic carbocycles. The molecule has 96 valence electrons. The molecule has 5 heteroatoms. The second-order valence-corrected chi connectivity index (χ2v) is 5.17. The molecule has 1 aliphatic heterocycles. The zero-order valence-electron chi connectivity index (χ0n) is 9.40. The molecule has 0 aromatic rings. The summed E-state index contributed by atoms with van der Waals surface area (Å²) < 4.78 is 36.0. The summed E-state index contributed by atoms with van der Waals surface area (Å²) in [6, 6.07) is 0.519. The molecule has 0 bridgehead atoms. The zero-order valence-corrected chi connectivity index (χ0v) is 11.0. The van der Waals surface area contributed by atoms with Crippen LogP contribution in [0.15, 0.2) is 0 Å². The van der Waals surface area contributed by atoms with Crippen LogP contribution in [0.4, 0.5) is 13.2 Å². The topological polar surface area (TPSA) is 3.24 Å². The fourth-order valence-electron chi connectivity index (χ4n) is 2.31. The van der Waals surface area contributed by atoms with Crippen molar-refractivity contribution >= 4 is 15.9 Å². The van der Waals surface area contributed by atoms with Gasteiger partial charge in [0.1, 0.15) is 0 Å². The number of halogens is 4. The van der Waals surface area contributed by atoms with Crippen molar-refractivity contribution in [3.8, 4) is 0 Å². The highest BCUT2D eigenvalue weighted by molar-refractivity contribution is 9.09. The highest BCUT2D eigenvalue weighted by atomic mass is 79.9. The normalized spacial score (nSPS) is 22.9. The van der Waals surface area contributed by atoms with Gasteiger partial charge in [0.05, 0.1) is 0 Å². The third-order valence-corrected chi connectivity index (χ3v) is 3.64. The van der Waals surface area contributed by atoms with E-state index >= 15 is 0 Å². The Balaban J connectivity index is 2.19. The summed E-state index contributed by atoms with van der Waals surface area (Å²) in [6.07, 6.45) is 0.115. The Labute approximate surface area is 104 Å². The minimum atomic E-state index is -3.99. The molecule has 16 heavy (non-hydrogen) atoms. The number of alkyl halides is 4. The molecule has 1 atom stereocenters. The van der Waals surface area contributed by atoms with Crippen LogP contribution in [-0.2, 0) is 0 Å². The fourth-order valence-corrected chi connectivity index (χ4v) is 2.64. The lowest BCUT2D eigenvalue weighted by Gasteiger charge is -2.24. The van der Waals surface area contributed by atoms with Crippen molar-refractivity contribution in [2.45, 2.75) is 50.7 Å². The van der Waals surface area contributed by atoms with Crippen molar-refractivity contribution in [3.63, 3.8) is 0 Å². The standard InChI is InChI=1S/C11H19BrF3N/c12-7-1-4-10-5-2-8-16(10)9-3-6-11(13,14)15/h10H,1-9H2. The minimum absolute atomic E-state index is 0.244. The van der Waals surface area contributed by atoms with E-state index in [1.165, 1.54) is 0 Å². The zero-order chi connectivity index (χ0) is 12.0. The van der Waals surface area contributed by atoms with E-state index in [4.69, 9.17) is 0 Å². The second kappa shape index (κ2) is 6.84. The lowest BCUT2D eigenvalue weighted by Crippen LogP contribution is -2.31. The van der Waals surface area contributed by atoms with Gasteiger partial charge in [-0.05, 0) is 45.2 Å². The number of hydrogen-bond acceptors (Lipinski definition) is 1. The molecule has 1 saturated heterocycles. The van der Waals surface area contributed by atoms with Crippen LogP contribution in [0.5, 0.6) is 0 Å². The van der Waals surface area contributed by atoms with Crippen molar-refractivity contribution in [1.29, 1.82) is 0 Å². The van der Waals surface area contributed by atoms with E-state index in [1.807, 2.05) is 0 Å². The first-order chi connectivity index (χ1) is 7.53. The van der Waals surface area contributed by atoms with Crippen LogP contribution in [0.2, 0.25) is 0 Å². The third-order valence-electron chi connectivity index (χ3n) is 3.08. The largest absolute Gasteiger partial charge is 0.389 e. The van der Waals surface area contributed by atoms with E-state index in [1.54, 1.807) is 0 Å². The molecular formula is C11H19BrF3N. The van der Waals surface area contributed by atoms with Gasteiger partial charge in [0, 0.05) is 17.8 Å². The van der Waals surface area contributed by atoms with Gasteiger partial charge in [0.15, 0.2) is 0 Å². The summed E-state index contributed by atoms with van der Waals surface area (Å²) in [6.45, 7) is 1.58. The van der Waals surface area contributed by atoms with Gasteiger partial charge in [-0.15, -0.1) is 0 Å². The predicted molar refractivity (Wildman–Crippen MR) is 62.9 cm³/mol. The van der Waals surface area contributed by atoms with Gasteiger partial charge in [-0.1, -0.05) is 15.9 Å². The summed E-state index contributed by atoms with van der Waals surface area (Å²) in [5.41, 5.74) is 0. The third kappa shape index (κ3) is 5.53. The number of hydrogen-bond donors (Lipinski definition) is 0. The van der Waals surface area contributed by atoms with E-state index in [0.717, 1.165) is 37.6 Å². The van der Waals surface area contributed by atoms with Crippen LogP contribution in [-0.4, -0.2) is 35.5 Å². The predicted octanol–water partition coefficient (Wildman–Crippen LogP) is 3.97. The molecule has 0 spiro atoms. The van der Waals surface area contributed by atoms with E-state index in [0.29, 0.717) is 12.6 Å². The highest BCUT2D eigenvalue weighted by Crippen LogP contribution is 2.25. The molecule has 0 saturated carbocycles. The van der Waals surface area contributed by atoms with Crippen molar-refractivity contribution in [1.82, 2.24) is 4.90 Å². The smallest absolute Gasteiger partial charge is 0.300 e. The average molecular weight is 302 g/mol. The first kappa shape index (κ1) is 14.3. The van der Waals surface area contributed by atoms with Crippen molar-refractivity contribution in [2.24, 2.45) is 0 Å². The van der Waals surface area contributed by atoms with Gasteiger partial charge >= 0.3 is 6.18 Å². The maximum absolute atomic E-state index is 12.0. The molecule has 0 amide bonds. The molecular weight excluding hydrogens is 283 g/mol.